The fraction of sp³-hybridized carbons (Fsp3) is 0.273. The summed E-state index contributed by atoms with van der Waals surface area (Å²) in [5.41, 5.74) is 0.402. The fourth-order valence-corrected chi connectivity index (χ4v) is 1.93. The van der Waals surface area contributed by atoms with E-state index in [2.05, 4.69) is 5.32 Å². The lowest BCUT2D eigenvalue weighted by atomic mass is 9.90. The largest absolute Gasteiger partial charge is 0.357 e. The molecule has 0 radical (unpaired) electrons. The maximum absolute atomic E-state index is 11.7. The number of amides is 1. The lowest BCUT2D eigenvalue weighted by molar-refractivity contribution is -0.127. The number of carbonyl (C=O) groups is 1. The minimum absolute atomic E-state index is 0.161. The van der Waals surface area contributed by atoms with Crippen LogP contribution >= 0.6 is 23.2 Å². The quantitative estimate of drug-likeness (QED) is 0.504. The van der Waals surface area contributed by atoms with E-state index in [0.717, 1.165) is 0 Å². The average molecular weight is 290 g/mol. The third-order valence-corrected chi connectivity index (χ3v) is 3.15. The molecule has 5 nitrogen and oxygen atoms in total. The summed E-state index contributed by atoms with van der Waals surface area (Å²) in [6.45, 7) is 1.37. The molecular weight excluding hydrogens is 277 g/mol. The molecule has 0 fully saturated rings. The Morgan fingerprint density at radius 2 is 2.06 bits per heavy atom. The van der Waals surface area contributed by atoms with Gasteiger partial charge in [-0.2, -0.15) is 5.48 Å². The minimum Gasteiger partial charge on any atom is -0.357 e. The maximum atomic E-state index is 11.7. The summed E-state index contributed by atoms with van der Waals surface area (Å²) in [7, 11) is 1.41. The number of nitrogens with one attached hydrogen (secondary N) is 3. The zero-order valence-electron chi connectivity index (χ0n) is 9.84. The van der Waals surface area contributed by atoms with E-state index in [1.807, 2.05) is 5.48 Å². The Labute approximate surface area is 115 Å². The van der Waals surface area contributed by atoms with Crippen molar-refractivity contribution in [2.24, 2.45) is 0 Å². The van der Waals surface area contributed by atoms with Crippen LogP contribution in [0.25, 0.3) is 0 Å². The normalized spacial score (nSPS) is 13.8. The van der Waals surface area contributed by atoms with Crippen molar-refractivity contribution in [3.8, 4) is 0 Å². The van der Waals surface area contributed by atoms with Gasteiger partial charge in [-0.05, 0) is 19.1 Å². The highest BCUT2D eigenvalue weighted by molar-refractivity contribution is 6.38. The van der Waals surface area contributed by atoms with Gasteiger partial charge < -0.3 is 15.9 Å². The summed E-state index contributed by atoms with van der Waals surface area (Å²) in [5.74, 6) is -0.555. The molecule has 98 valence electrons. The van der Waals surface area contributed by atoms with E-state index >= 15 is 0 Å². The zero-order chi connectivity index (χ0) is 13.9. The number of carbonyl (C=O) groups excluding carboxylic acids is 1. The predicted molar refractivity (Wildman–Crippen MR) is 70.7 cm³/mol. The Morgan fingerprint density at radius 1 is 1.44 bits per heavy atom. The number of rotatable bonds is 4. The van der Waals surface area contributed by atoms with Gasteiger partial charge in [-0.25, -0.2) is 0 Å². The molecular formula is C11H13Cl2N3O2. The molecule has 1 aromatic rings. The smallest absolute Gasteiger partial charge is 0.248 e. The van der Waals surface area contributed by atoms with E-state index in [-0.39, 0.29) is 10.7 Å². The predicted octanol–water partition coefficient (Wildman–Crippen LogP) is 1.84. The van der Waals surface area contributed by atoms with Crippen LogP contribution in [0, 0.1) is 5.41 Å². The number of hydroxylamine groups is 1. The van der Waals surface area contributed by atoms with Crippen LogP contribution in [-0.4, -0.2) is 29.4 Å². The molecule has 0 aromatic heterocycles. The van der Waals surface area contributed by atoms with Crippen molar-refractivity contribution in [3.05, 3.63) is 33.8 Å². The molecule has 0 aliphatic carbocycles. The van der Waals surface area contributed by atoms with E-state index in [1.54, 1.807) is 6.07 Å². The lowest BCUT2D eigenvalue weighted by Gasteiger charge is -2.27. The van der Waals surface area contributed by atoms with Gasteiger partial charge in [0.25, 0.3) is 0 Å². The molecule has 18 heavy (non-hydrogen) atoms. The standard InChI is InChI=1S/C11H13Cl2N3O2/c1-11(16-18,10(17)15-2)9(14)7-4-3-6(12)5-8(7)13/h3-5,14,16,18H,1-2H3,(H,15,17). The highest BCUT2D eigenvalue weighted by Crippen LogP contribution is 2.24. The molecule has 0 saturated heterocycles. The molecule has 0 spiro atoms. The number of hydrogen-bond acceptors (Lipinski definition) is 4. The molecule has 0 aliphatic heterocycles. The van der Waals surface area contributed by atoms with Crippen molar-refractivity contribution in [2.75, 3.05) is 7.05 Å². The molecule has 1 aromatic carbocycles. The molecule has 0 aliphatic rings. The van der Waals surface area contributed by atoms with Gasteiger partial charge in [-0.3, -0.25) is 4.79 Å². The van der Waals surface area contributed by atoms with Crippen LogP contribution in [0.15, 0.2) is 18.2 Å². The maximum Gasteiger partial charge on any atom is 0.248 e. The summed E-state index contributed by atoms with van der Waals surface area (Å²) >= 11 is 11.7. The first-order chi connectivity index (χ1) is 8.36. The minimum atomic E-state index is -1.59. The topological polar surface area (TPSA) is 85.2 Å². The fourth-order valence-electron chi connectivity index (χ4n) is 1.43. The second kappa shape index (κ2) is 5.67. The summed E-state index contributed by atoms with van der Waals surface area (Å²) in [5, 5.41) is 20.2. The van der Waals surface area contributed by atoms with Crippen LogP contribution in [0.3, 0.4) is 0 Å². The van der Waals surface area contributed by atoms with Crippen molar-refractivity contribution in [1.82, 2.24) is 10.8 Å². The Kier molecular flexibility index (Phi) is 4.70. The number of hydrogen-bond donors (Lipinski definition) is 4. The van der Waals surface area contributed by atoms with E-state index in [1.165, 1.54) is 26.1 Å². The molecule has 0 bridgehead atoms. The lowest BCUT2D eigenvalue weighted by Crippen LogP contribution is -2.58. The highest BCUT2D eigenvalue weighted by atomic mass is 35.5. The second-order valence-electron chi connectivity index (χ2n) is 3.82. The summed E-state index contributed by atoms with van der Waals surface area (Å²) in [6, 6.07) is 4.54. The van der Waals surface area contributed by atoms with Crippen LogP contribution < -0.4 is 10.8 Å². The molecule has 0 heterocycles. The molecule has 1 rings (SSSR count). The second-order valence-corrected chi connectivity index (χ2v) is 4.66. The van der Waals surface area contributed by atoms with Crippen LogP contribution in [0.2, 0.25) is 10.0 Å². The highest BCUT2D eigenvalue weighted by Gasteiger charge is 2.38. The Morgan fingerprint density at radius 3 is 2.50 bits per heavy atom. The van der Waals surface area contributed by atoms with Gasteiger partial charge in [0.05, 0.1) is 10.7 Å². The van der Waals surface area contributed by atoms with Gasteiger partial charge in [0.1, 0.15) is 0 Å². The Balaban J connectivity index is 3.23. The molecule has 7 heteroatoms. The van der Waals surface area contributed by atoms with E-state index < -0.39 is 11.4 Å². The van der Waals surface area contributed by atoms with Crippen molar-refractivity contribution in [3.63, 3.8) is 0 Å². The number of halogens is 2. The zero-order valence-corrected chi connectivity index (χ0v) is 11.4. The van der Waals surface area contributed by atoms with Crippen LogP contribution in [0.4, 0.5) is 0 Å². The molecule has 1 atom stereocenters. The third kappa shape index (κ3) is 2.64. The number of likely N-dealkylation sites (N-methyl/N-ethyl adjacent to an activating group) is 1. The van der Waals surface area contributed by atoms with E-state index in [0.29, 0.717) is 10.6 Å². The number of benzene rings is 1. The van der Waals surface area contributed by atoms with Gasteiger partial charge >= 0.3 is 0 Å². The van der Waals surface area contributed by atoms with Crippen molar-refractivity contribution >= 4 is 34.8 Å². The average Bonchev–Trinajstić information content (AvgIpc) is 2.36. The van der Waals surface area contributed by atoms with Gasteiger partial charge in [0, 0.05) is 17.6 Å². The van der Waals surface area contributed by atoms with Gasteiger partial charge in [0.15, 0.2) is 5.54 Å². The first kappa shape index (κ1) is 14.9. The van der Waals surface area contributed by atoms with E-state index in [9.17, 15) is 4.79 Å². The van der Waals surface area contributed by atoms with Crippen molar-refractivity contribution in [1.29, 1.82) is 5.41 Å². The monoisotopic (exact) mass is 289 g/mol. The molecule has 1 unspecified atom stereocenters. The van der Waals surface area contributed by atoms with Crippen molar-refractivity contribution < 1.29 is 10.0 Å². The molecule has 1 amide bonds. The SMILES string of the molecule is CNC(=O)C(C)(NO)C(=N)c1ccc(Cl)cc1Cl. The summed E-state index contributed by atoms with van der Waals surface area (Å²) in [6.07, 6.45) is 0. The first-order valence-electron chi connectivity index (χ1n) is 5.04. The van der Waals surface area contributed by atoms with Gasteiger partial charge in [-0.1, -0.05) is 29.3 Å². The van der Waals surface area contributed by atoms with Crippen LogP contribution in [0.1, 0.15) is 12.5 Å². The van der Waals surface area contributed by atoms with Gasteiger partial charge in [-0.15, -0.1) is 0 Å². The molecule has 0 saturated carbocycles. The summed E-state index contributed by atoms with van der Waals surface area (Å²) < 4.78 is 0. The van der Waals surface area contributed by atoms with Crippen LogP contribution in [0.5, 0.6) is 0 Å². The van der Waals surface area contributed by atoms with Gasteiger partial charge in [0.2, 0.25) is 5.91 Å². The Bertz CT molecular complexity index is 493. The summed E-state index contributed by atoms with van der Waals surface area (Å²) in [4.78, 5) is 11.7. The molecule has 4 N–H and O–H groups in total. The third-order valence-electron chi connectivity index (χ3n) is 2.61. The Hall–Kier alpha value is -1.14. The van der Waals surface area contributed by atoms with Crippen molar-refractivity contribution in [2.45, 2.75) is 12.5 Å². The van der Waals surface area contributed by atoms with Crippen LogP contribution in [-0.2, 0) is 4.79 Å². The first-order valence-corrected chi connectivity index (χ1v) is 5.80. The van der Waals surface area contributed by atoms with E-state index in [4.69, 9.17) is 33.8 Å².